The first-order chi connectivity index (χ1) is 11.8. The first kappa shape index (κ1) is 14.6. The molecule has 0 aliphatic carbocycles. The maximum Gasteiger partial charge on any atom is 0.120 e. The molecule has 0 saturated carbocycles. The Balaban J connectivity index is 1.51. The molecule has 5 heteroatoms. The number of nitrogens with zero attached hydrogens (tertiary/aromatic N) is 3. The van der Waals surface area contributed by atoms with Gasteiger partial charge in [-0.15, -0.1) is 0 Å². The average Bonchev–Trinajstić information content (AvgIpc) is 3.01. The van der Waals surface area contributed by atoms with Crippen LogP contribution in [0.1, 0.15) is 11.4 Å². The van der Waals surface area contributed by atoms with Crippen LogP contribution < -0.4 is 5.32 Å². The number of aromatic nitrogens is 2. The summed E-state index contributed by atoms with van der Waals surface area (Å²) in [6, 6.07) is 11.7. The summed E-state index contributed by atoms with van der Waals surface area (Å²) in [5, 5.41) is 3.89. The van der Waals surface area contributed by atoms with Crippen LogP contribution in [0, 0.1) is 5.92 Å². The van der Waals surface area contributed by atoms with Crippen molar-refractivity contribution in [2.45, 2.75) is 18.0 Å². The molecule has 4 aliphatic rings. The molecule has 0 amide bonds. The summed E-state index contributed by atoms with van der Waals surface area (Å²) >= 11 is 0. The molecule has 4 bridgehead atoms. The number of benzene rings is 1. The third-order valence-corrected chi connectivity index (χ3v) is 6.19. The lowest BCUT2D eigenvalue weighted by atomic mass is 9.64. The molecule has 3 atom stereocenters. The van der Waals surface area contributed by atoms with Crippen LogP contribution in [0.2, 0.25) is 0 Å². The lowest BCUT2D eigenvalue weighted by Crippen LogP contribution is -2.69. The minimum absolute atomic E-state index is 0.186. The number of aromatic amines is 1. The normalized spacial score (nSPS) is 37.5. The van der Waals surface area contributed by atoms with Crippen molar-refractivity contribution in [2.24, 2.45) is 5.92 Å². The molecule has 5 heterocycles. The van der Waals surface area contributed by atoms with Crippen LogP contribution >= 0.6 is 0 Å². The van der Waals surface area contributed by atoms with Gasteiger partial charge in [0.2, 0.25) is 0 Å². The minimum Gasteiger partial charge on any atom is -0.348 e. The summed E-state index contributed by atoms with van der Waals surface area (Å²) in [4.78, 5) is 13.0. The Bertz CT molecular complexity index is 667. The smallest absolute Gasteiger partial charge is 0.120 e. The van der Waals surface area contributed by atoms with Crippen LogP contribution in [0.4, 0.5) is 0 Å². The quantitative estimate of drug-likeness (QED) is 0.883. The number of hydrogen-bond donors (Lipinski definition) is 2. The molecule has 4 saturated heterocycles. The van der Waals surface area contributed by atoms with Crippen LogP contribution in [-0.2, 0) is 12.0 Å². The van der Waals surface area contributed by atoms with E-state index in [0.717, 1.165) is 12.4 Å². The highest BCUT2D eigenvalue weighted by atomic mass is 15.3. The second-order valence-electron chi connectivity index (χ2n) is 7.65. The van der Waals surface area contributed by atoms with E-state index in [9.17, 15) is 0 Å². The van der Waals surface area contributed by atoms with E-state index in [1.165, 1.54) is 44.8 Å². The van der Waals surface area contributed by atoms with E-state index in [1.54, 1.807) is 0 Å². The molecule has 126 valence electrons. The van der Waals surface area contributed by atoms with E-state index in [0.29, 0.717) is 12.0 Å². The van der Waals surface area contributed by atoms with Gasteiger partial charge in [0.25, 0.3) is 0 Å². The first-order valence-corrected chi connectivity index (χ1v) is 9.05. The van der Waals surface area contributed by atoms with Crippen LogP contribution in [0.5, 0.6) is 0 Å². The molecule has 4 aliphatic heterocycles. The monoisotopic (exact) mass is 323 g/mol. The first-order valence-electron chi connectivity index (χ1n) is 9.05. The van der Waals surface area contributed by atoms with Gasteiger partial charge in [0.05, 0.1) is 6.54 Å². The van der Waals surface area contributed by atoms with Gasteiger partial charge in [-0.3, -0.25) is 0 Å². The van der Waals surface area contributed by atoms with Crippen molar-refractivity contribution in [1.29, 1.82) is 0 Å². The van der Waals surface area contributed by atoms with E-state index < -0.39 is 0 Å². The fraction of sp³-hybridized carbons (Fsp3) is 0.526. The Morgan fingerprint density at radius 1 is 1.12 bits per heavy atom. The van der Waals surface area contributed by atoms with E-state index in [1.807, 2.05) is 12.4 Å². The van der Waals surface area contributed by atoms with Crippen molar-refractivity contribution in [3.63, 3.8) is 0 Å². The molecule has 24 heavy (non-hydrogen) atoms. The molecule has 6 rings (SSSR count). The molecule has 1 aromatic carbocycles. The number of nitrogens with one attached hydrogen (secondary N) is 2. The van der Waals surface area contributed by atoms with Gasteiger partial charge in [0.15, 0.2) is 0 Å². The zero-order chi connectivity index (χ0) is 16.0. The maximum absolute atomic E-state index is 4.39. The summed E-state index contributed by atoms with van der Waals surface area (Å²) in [5.74, 6) is 1.72. The Labute approximate surface area is 143 Å². The molecule has 1 aromatic heterocycles. The Morgan fingerprint density at radius 2 is 1.88 bits per heavy atom. The van der Waals surface area contributed by atoms with E-state index in [4.69, 9.17) is 0 Å². The van der Waals surface area contributed by atoms with Crippen LogP contribution in [0.3, 0.4) is 0 Å². The fourth-order valence-electron chi connectivity index (χ4n) is 5.28. The molecule has 3 unspecified atom stereocenters. The van der Waals surface area contributed by atoms with Gasteiger partial charge in [0.1, 0.15) is 5.82 Å². The molecular weight excluding hydrogens is 298 g/mol. The second-order valence-corrected chi connectivity index (χ2v) is 7.65. The van der Waals surface area contributed by atoms with Crippen LogP contribution in [0.15, 0.2) is 42.7 Å². The number of hydrogen-bond acceptors (Lipinski definition) is 4. The van der Waals surface area contributed by atoms with Gasteiger partial charge in [0, 0.05) is 69.0 Å². The third kappa shape index (κ3) is 2.31. The molecule has 5 nitrogen and oxygen atoms in total. The van der Waals surface area contributed by atoms with Crippen molar-refractivity contribution < 1.29 is 0 Å². The third-order valence-electron chi connectivity index (χ3n) is 6.19. The molecule has 4 fully saturated rings. The van der Waals surface area contributed by atoms with Gasteiger partial charge >= 0.3 is 0 Å². The Kier molecular flexibility index (Phi) is 3.47. The molecule has 0 spiro atoms. The molecule has 0 radical (unpaired) electrons. The van der Waals surface area contributed by atoms with Crippen molar-refractivity contribution in [3.05, 3.63) is 54.1 Å². The van der Waals surface area contributed by atoms with Crippen molar-refractivity contribution in [1.82, 2.24) is 25.1 Å². The predicted molar refractivity (Wildman–Crippen MR) is 93.7 cm³/mol. The van der Waals surface area contributed by atoms with Crippen LogP contribution in [-0.4, -0.2) is 65.1 Å². The highest BCUT2D eigenvalue weighted by Crippen LogP contribution is 2.43. The zero-order valence-corrected chi connectivity index (χ0v) is 14.0. The van der Waals surface area contributed by atoms with Gasteiger partial charge in [-0.1, -0.05) is 30.3 Å². The number of rotatable bonds is 4. The van der Waals surface area contributed by atoms with E-state index in [2.05, 4.69) is 55.4 Å². The predicted octanol–water partition coefficient (Wildman–Crippen LogP) is 1.07. The Morgan fingerprint density at radius 3 is 2.54 bits per heavy atom. The molecule has 2 N–H and O–H groups in total. The summed E-state index contributed by atoms with van der Waals surface area (Å²) in [5.41, 5.74) is 1.68. The second kappa shape index (κ2) is 5.69. The standard InChI is InChI=1S/C19H25N5/c1-2-4-16(5-3-1)19-13-23-8-9-24(14-19)12-15(11-23)18(19)22-10-17-20-6-7-21-17/h1-7,15,18,22H,8-14H2,(H,20,21). The van der Waals surface area contributed by atoms with E-state index >= 15 is 0 Å². The van der Waals surface area contributed by atoms with Crippen LogP contribution in [0.25, 0.3) is 0 Å². The average molecular weight is 323 g/mol. The molecule has 2 aromatic rings. The lowest BCUT2D eigenvalue weighted by molar-refractivity contribution is 0.0172. The van der Waals surface area contributed by atoms with Crippen molar-refractivity contribution >= 4 is 0 Å². The topological polar surface area (TPSA) is 47.2 Å². The van der Waals surface area contributed by atoms with Crippen molar-refractivity contribution in [3.8, 4) is 0 Å². The number of imidazole rings is 1. The van der Waals surface area contributed by atoms with Crippen molar-refractivity contribution in [2.75, 3.05) is 39.3 Å². The van der Waals surface area contributed by atoms with Gasteiger partial charge < -0.3 is 20.1 Å². The maximum atomic E-state index is 4.39. The summed E-state index contributed by atoms with van der Waals surface area (Å²) in [7, 11) is 0. The minimum atomic E-state index is 0.186. The Hall–Kier alpha value is -1.69. The largest absolute Gasteiger partial charge is 0.348 e. The summed E-state index contributed by atoms with van der Waals surface area (Å²) in [6.07, 6.45) is 3.74. The summed E-state index contributed by atoms with van der Waals surface area (Å²) < 4.78 is 0. The number of fused-ring (bicyclic) bond motifs is 1. The van der Waals surface area contributed by atoms with Gasteiger partial charge in [-0.2, -0.15) is 0 Å². The highest BCUT2D eigenvalue weighted by molar-refractivity contribution is 5.33. The summed E-state index contributed by atoms with van der Waals surface area (Å²) in [6.45, 7) is 8.04. The number of piperidine rings is 2. The van der Waals surface area contributed by atoms with E-state index in [-0.39, 0.29) is 5.41 Å². The highest BCUT2D eigenvalue weighted by Gasteiger charge is 2.54. The molecular formula is C19H25N5. The zero-order valence-electron chi connectivity index (χ0n) is 14.0. The number of H-pyrrole nitrogens is 1. The fourth-order valence-corrected chi connectivity index (χ4v) is 5.28. The lowest BCUT2D eigenvalue weighted by Gasteiger charge is -2.56. The SMILES string of the molecule is c1ccc(C23CN4CCN(CC(C4)C2NCc2ncc[nH]2)C3)cc1. The van der Waals surface area contributed by atoms with Gasteiger partial charge in [-0.05, 0) is 5.56 Å². The van der Waals surface area contributed by atoms with Gasteiger partial charge in [-0.25, -0.2) is 4.98 Å².